The topological polar surface area (TPSA) is 26.3 Å². The SMILES string of the molecule is CC(=O)c1ccc(Oc2ccccc2Br)c(Cl)c1. The van der Waals surface area contributed by atoms with Crippen LogP contribution >= 0.6 is 27.5 Å². The van der Waals surface area contributed by atoms with Crippen molar-refractivity contribution in [3.05, 3.63) is 57.5 Å². The highest BCUT2D eigenvalue weighted by atomic mass is 79.9. The highest BCUT2D eigenvalue weighted by Gasteiger charge is 2.08. The highest BCUT2D eigenvalue weighted by molar-refractivity contribution is 9.10. The van der Waals surface area contributed by atoms with Crippen LogP contribution in [0.2, 0.25) is 5.02 Å². The van der Waals surface area contributed by atoms with Crippen LogP contribution in [0.1, 0.15) is 17.3 Å². The average molecular weight is 326 g/mol. The second-order valence-electron chi connectivity index (χ2n) is 3.73. The maximum atomic E-state index is 11.2. The Kier molecular flexibility index (Phi) is 4.04. The molecule has 92 valence electrons. The molecule has 0 fully saturated rings. The van der Waals surface area contributed by atoms with Gasteiger partial charge in [0, 0.05) is 5.56 Å². The summed E-state index contributed by atoms with van der Waals surface area (Å²) in [5, 5.41) is 0.415. The van der Waals surface area contributed by atoms with E-state index in [1.165, 1.54) is 6.92 Å². The predicted octanol–water partition coefficient (Wildman–Crippen LogP) is 5.10. The first-order chi connectivity index (χ1) is 8.58. The largest absolute Gasteiger partial charge is 0.455 e. The van der Waals surface area contributed by atoms with Gasteiger partial charge in [-0.1, -0.05) is 23.7 Å². The van der Waals surface area contributed by atoms with Gasteiger partial charge in [-0.3, -0.25) is 4.79 Å². The van der Waals surface area contributed by atoms with Gasteiger partial charge in [-0.15, -0.1) is 0 Å². The summed E-state index contributed by atoms with van der Waals surface area (Å²) in [7, 11) is 0. The Labute approximate surface area is 119 Å². The first-order valence-electron chi connectivity index (χ1n) is 5.31. The van der Waals surface area contributed by atoms with Crippen LogP contribution in [0, 0.1) is 0 Å². The van der Waals surface area contributed by atoms with E-state index >= 15 is 0 Å². The molecular weight excluding hydrogens is 316 g/mol. The van der Waals surface area contributed by atoms with Crippen molar-refractivity contribution < 1.29 is 9.53 Å². The van der Waals surface area contributed by atoms with E-state index in [-0.39, 0.29) is 5.78 Å². The van der Waals surface area contributed by atoms with Crippen LogP contribution in [0.15, 0.2) is 46.9 Å². The summed E-state index contributed by atoms with van der Waals surface area (Å²) < 4.78 is 6.53. The summed E-state index contributed by atoms with van der Waals surface area (Å²) in [6, 6.07) is 12.5. The van der Waals surface area contributed by atoms with Crippen molar-refractivity contribution in [3.8, 4) is 11.5 Å². The van der Waals surface area contributed by atoms with Crippen molar-refractivity contribution >= 4 is 33.3 Å². The molecule has 0 spiro atoms. The van der Waals surface area contributed by atoms with Gasteiger partial charge < -0.3 is 4.74 Å². The van der Waals surface area contributed by atoms with Crippen molar-refractivity contribution in [2.75, 3.05) is 0 Å². The average Bonchev–Trinajstić information content (AvgIpc) is 2.34. The molecule has 0 aromatic heterocycles. The molecule has 2 aromatic carbocycles. The van der Waals surface area contributed by atoms with Crippen LogP contribution < -0.4 is 4.74 Å². The number of ketones is 1. The lowest BCUT2D eigenvalue weighted by atomic mass is 10.1. The Morgan fingerprint density at radius 2 is 1.89 bits per heavy atom. The Bertz CT molecular complexity index is 596. The number of rotatable bonds is 3. The van der Waals surface area contributed by atoms with Gasteiger partial charge in [0.05, 0.1) is 9.50 Å². The van der Waals surface area contributed by atoms with Crippen molar-refractivity contribution in [3.63, 3.8) is 0 Å². The van der Waals surface area contributed by atoms with Gasteiger partial charge in [0.15, 0.2) is 5.78 Å². The Morgan fingerprint density at radius 1 is 1.17 bits per heavy atom. The second kappa shape index (κ2) is 5.55. The number of hydrogen-bond donors (Lipinski definition) is 0. The Hall–Kier alpha value is -1.32. The summed E-state index contributed by atoms with van der Waals surface area (Å²) in [5.74, 6) is 1.17. The molecule has 0 aliphatic carbocycles. The van der Waals surface area contributed by atoms with Gasteiger partial charge in [0.1, 0.15) is 11.5 Å². The van der Waals surface area contributed by atoms with Gasteiger partial charge in [-0.2, -0.15) is 0 Å². The predicted molar refractivity (Wildman–Crippen MR) is 75.7 cm³/mol. The number of benzene rings is 2. The van der Waals surface area contributed by atoms with E-state index < -0.39 is 0 Å². The van der Waals surface area contributed by atoms with Gasteiger partial charge in [0.2, 0.25) is 0 Å². The van der Waals surface area contributed by atoms with Crippen LogP contribution in [-0.2, 0) is 0 Å². The first-order valence-corrected chi connectivity index (χ1v) is 6.48. The number of carbonyl (C=O) groups is 1. The molecule has 0 unspecified atom stereocenters. The summed E-state index contributed by atoms with van der Waals surface area (Å²) in [6.45, 7) is 1.50. The second-order valence-corrected chi connectivity index (χ2v) is 5.00. The molecule has 0 atom stereocenters. The van der Waals surface area contributed by atoms with Crippen LogP contribution in [0.4, 0.5) is 0 Å². The van der Waals surface area contributed by atoms with E-state index in [0.29, 0.717) is 22.1 Å². The minimum Gasteiger partial charge on any atom is -0.455 e. The zero-order chi connectivity index (χ0) is 13.1. The summed E-state index contributed by atoms with van der Waals surface area (Å²) >= 11 is 9.48. The first kappa shape index (κ1) is 13.1. The fraction of sp³-hybridized carbons (Fsp3) is 0.0714. The number of halogens is 2. The maximum Gasteiger partial charge on any atom is 0.159 e. The lowest BCUT2D eigenvalue weighted by molar-refractivity contribution is 0.101. The van der Waals surface area contributed by atoms with Gasteiger partial charge in [0.25, 0.3) is 0 Å². The summed E-state index contributed by atoms with van der Waals surface area (Å²) in [5.41, 5.74) is 0.569. The maximum absolute atomic E-state index is 11.2. The molecule has 2 nitrogen and oxygen atoms in total. The lowest BCUT2D eigenvalue weighted by Crippen LogP contribution is -1.93. The molecular formula is C14H10BrClO2. The standard InChI is InChI=1S/C14H10BrClO2/c1-9(17)10-6-7-14(12(16)8-10)18-13-5-3-2-4-11(13)15/h2-8H,1H3. The minimum absolute atomic E-state index is 0.0238. The van der Waals surface area contributed by atoms with Crippen LogP contribution in [-0.4, -0.2) is 5.78 Å². The molecule has 0 amide bonds. The van der Waals surface area contributed by atoms with E-state index in [2.05, 4.69) is 15.9 Å². The Balaban J connectivity index is 2.30. The van der Waals surface area contributed by atoms with Crippen LogP contribution in [0.3, 0.4) is 0 Å². The Morgan fingerprint density at radius 3 is 2.50 bits per heavy atom. The molecule has 0 saturated heterocycles. The molecule has 0 aliphatic rings. The lowest BCUT2D eigenvalue weighted by Gasteiger charge is -2.09. The third-order valence-electron chi connectivity index (χ3n) is 2.39. The molecule has 0 heterocycles. The van der Waals surface area contributed by atoms with Gasteiger partial charge in [-0.25, -0.2) is 0 Å². The van der Waals surface area contributed by atoms with Crippen molar-refractivity contribution in [1.29, 1.82) is 0 Å². The molecule has 0 radical (unpaired) electrons. The van der Waals surface area contributed by atoms with E-state index in [9.17, 15) is 4.79 Å². The van der Waals surface area contributed by atoms with E-state index in [4.69, 9.17) is 16.3 Å². The van der Waals surface area contributed by atoms with Crippen molar-refractivity contribution in [1.82, 2.24) is 0 Å². The zero-order valence-corrected chi connectivity index (χ0v) is 12.0. The smallest absolute Gasteiger partial charge is 0.159 e. The quantitative estimate of drug-likeness (QED) is 0.734. The summed E-state index contributed by atoms with van der Waals surface area (Å²) in [4.78, 5) is 11.2. The minimum atomic E-state index is -0.0238. The van der Waals surface area contributed by atoms with E-state index in [1.807, 2.05) is 24.3 Å². The number of ether oxygens (including phenoxy) is 1. The normalized spacial score (nSPS) is 10.2. The van der Waals surface area contributed by atoms with Gasteiger partial charge >= 0.3 is 0 Å². The molecule has 0 saturated carbocycles. The third-order valence-corrected chi connectivity index (χ3v) is 3.35. The third kappa shape index (κ3) is 2.92. The summed E-state index contributed by atoms with van der Waals surface area (Å²) in [6.07, 6.45) is 0. The van der Waals surface area contributed by atoms with Crippen molar-refractivity contribution in [2.45, 2.75) is 6.92 Å². The van der Waals surface area contributed by atoms with E-state index in [0.717, 1.165) is 4.47 Å². The van der Waals surface area contributed by atoms with Gasteiger partial charge in [-0.05, 0) is 53.2 Å². The molecule has 18 heavy (non-hydrogen) atoms. The molecule has 2 rings (SSSR count). The molecule has 2 aromatic rings. The molecule has 0 bridgehead atoms. The molecule has 0 aliphatic heterocycles. The fourth-order valence-electron chi connectivity index (χ4n) is 1.45. The zero-order valence-electron chi connectivity index (χ0n) is 9.61. The molecule has 0 N–H and O–H groups in total. The fourth-order valence-corrected chi connectivity index (χ4v) is 2.03. The number of para-hydroxylation sites is 1. The van der Waals surface area contributed by atoms with Crippen LogP contribution in [0.5, 0.6) is 11.5 Å². The number of carbonyl (C=O) groups excluding carboxylic acids is 1. The monoisotopic (exact) mass is 324 g/mol. The van der Waals surface area contributed by atoms with Crippen molar-refractivity contribution in [2.24, 2.45) is 0 Å². The molecule has 4 heteroatoms. The highest BCUT2D eigenvalue weighted by Crippen LogP contribution is 2.33. The number of hydrogen-bond acceptors (Lipinski definition) is 2. The van der Waals surface area contributed by atoms with Crippen LogP contribution in [0.25, 0.3) is 0 Å². The number of Topliss-reactive ketones (excluding diaryl/α,β-unsaturated/α-hetero) is 1. The van der Waals surface area contributed by atoms with E-state index in [1.54, 1.807) is 18.2 Å².